The van der Waals surface area contributed by atoms with Gasteiger partial charge in [-0.2, -0.15) is 0 Å². The van der Waals surface area contributed by atoms with E-state index in [0.717, 1.165) is 62.8 Å². The van der Waals surface area contributed by atoms with E-state index in [2.05, 4.69) is 58.4 Å². The van der Waals surface area contributed by atoms with Gasteiger partial charge >= 0.3 is 0 Å². The van der Waals surface area contributed by atoms with Crippen LogP contribution in [0.3, 0.4) is 0 Å². The molecular formula is C48H68N6O8. The molecule has 2 aliphatic heterocycles. The number of anilines is 2. The lowest BCUT2D eigenvalue weighted by atomic mass is 9.78. The Morgan fingerprint density at radius 3 is 1.87 bits per heavy atom. The number of morpholine rings is 2. The largest absolute Gasteiger partial charge is 0.871 e. The molecule has 0 aromatic heterocycles. The molecule has 4 N–H and O–H groups in total. The van der Waals surface area contributed by atoms with E-state index in [1.165, 1.54) is 0 Å². The highest BCUT2D eigenvalue weighted by Gasteiger charge is 2.35. The summed E-state index contributed by atoms with van der Waals surface area (Å²) in [5.74, 6) is -1.49. The van der Waals surface area contributed by atoms with Gasteiger partial charge in [-0.15, -0.1) is 0 Å². The molecule has 4 amide bonds. The molecule has 0 saturated carbocycles. The lowest BCUT2D eigenvalue weighted by Gasteiger charge is -2.35. The van der Waals surface area contributed by atoms with Gasteiger partial charge in [0.25, 0.3) is 0 Å². The maximum atomic E-state index is 14.2. The molecule has 62 heavy (non-hydrogen) atoms. The Bertz CT molecular complexity index is 1930. The van der Waals surface area contributed by atoms with Gasteiger partial charge in [0.15, 0.2) is 18.9 Å². The van der Waals surface area contributed by atoms with Gasteiger partial charge in [0.1, 0.15) is 13.2 Å². The summed E-state index contributed by atoms with van der Waals surface area (Å²) in [6.45, 7) is 14.3. The summed E-state index contributed by atoms with van der Waals surface area (Å²) in [5, 5.41) is 26.0. The first kappa shape index (κ1) is 48.0. The van der Waals surface area contributed by atoms with Crippen molar-refractivity contribution in [1.29, 1.82) is 0 Å². The van der Waals surface area contributed by atoms with E-state index in [4.69, 9.17) is 9.47 Å². The molecule has 2 fully saturated rings. The average Bonchev–Trinajstić information content (AvgIpc) is 3.29. The van der Waals surface area contributed by atoms with E-state index in [-0.39, 0.29) is 59.8 Å². The van der Waals surface area contributed by atoms with Crippen LogP contribution in [0, 0.1) is 11.8 Å². The highest BCUT2D eigenvalue weighted by molar-refractivity contribution is 6.40. The van der Waals surface area contributed by atoms with Gasteiger partial charge in [0.2, 0.25) is 29.3 Å². The second-order valence-electron chi connectivity index (χ2n) is 16.6. The summed E-state index contributed by atoms with van der Waals surface area (Å²) in [4.78, 5) is 68.6. The van der Waals surface area contributed by atoms with Gasteiger partial charge in [-0.3, -0.25) is 24.0 Å². The number of benzene rings is 1. The normalized spacial score (nSPS) is 18.8. The summed E-state index contributed by atoms with van der Waals surface area (Å²) < 4.78 is 13.2. The van der Waals surface area contributed by atoms with Crippen molar-refractivity contribution in [2.75, 3.05) is 75.9 Å². The molecule has 0 radical (unpaired) electrons. The summed E-state index contributed by atoms with van der Waals surface area (Å²) in [5.41, 5.74) is 2.60. The van der Waals surface area contributed by atoms with Crippen molar-refractivity contribution in [3.8, 4) is 0 Å². The molecule has 0 spiro atoms. The minimum absolute atomic E-state index is 0.00111. The van der Waals surface area contributed by atoms with Crippen molar-refractivity contribution in [3.05, 3.63) is 64.6 Å². The molecule has 4 aliphatic rings. The molecule has 1 aromatic rings. The fourth-order valence-corrected chi connectivity index (χ4v) is 8.09. The third-order valence-corrected chi connectivity index (χ3v) is 12.2. The predicted molar refractivity (Wildman–Crippen MR) is 239 cm³/mol. The van der Waals surface area contributed by atoms with E-state index in [1.54, 1.807) is 24.3 Å². The lowest BCUT2D eigenvalue weighted by molar-refractivity contribution is -0.547. The molecule has 2 saturated heterocycles. The number of carbonyl (C=O) groups is 5. The highest BCUT2D eigenvalue weighted by atomic mass is 16.5. The molecule has 2 atom stereocenters. The van der Waals surface area contributed by atoms with E-state index in [9.17, 15) is 29.1 Å². The number of hydrogen-bond acceptors (Lipinski definition) is 9. The number of carbonyl (C=O) groups excluding carboxylic acids is 5. The van der Waals surface area contributed by atoms with Crippen LogP contribution in [0.1, 0.15) is 110 Å². The number of Topliss-reactive ketones (excluding diaryl/α,β-unsaturated/α-hetero) is 1. The van der Waals surface area contributed by atoms with Crippen LogP contribution in [0.2, 0.25) is 0 Å². The van der Waals surface area contributed by atoms with Crippen LogP contribution in [0.4, 0.5) is 11.4 Å². The quantitative estimate of drug-likeness (QED) is 0.0951. The second kappa shape index (κ2) is 24.5. The van der Waals surface area contributed by atoms with Gasteiger partial charge < -0.3 is 40.7 Å². The van der Waals surface area contributed by atoms with E-state index in [1.807, 2.05) is 12.1 Å². The zero-order valence-electron chi connectivity index (χ0n) is 37.3. The maximum Gasteiger partial charge on any atom is 0.224 e. The standard InChI is InChI=1S/C48H68N6O8/c1-5-9-11-33(7-3)31-49-41(55)17-19-43(57)51-39-29-35(53-21-25-61-26-22-53)13-15-37(39)45-47(59)46(48(45)60)38-16-14-36(54-23-27-62-28-24-54)30-40(38)52-44(58)20-18-42(56)50-32-34(8-4)12-10-6-2/h13-16,29-30,33-34H,5-12,17-28,31-32H2,1-4H3,(H4,49,50,51,52,55,56,57,58,59,60). The topological polar surface area (TPSA) is 181 Å². The van der Waals surface area contributed by atoms with Crippen molar-refractivity contribution < 1.29 is 43.1 Å². The number of nitrogens with one attached hydrogen (secondary N) is 4. The van der Waals surface area contributed by atoms with E-state index < -0.39 is 23.4 Å². The van der Waals surface area contributed by atoms with Crippen molar-refractivity contribution >= 4 is 52.1 Å². The number of nitrogens with zero attached hydrogens (tertiary/aromatic N) is 2. The number of ketones is 1. The third kappa shape index (κ3) is 13.5. The van der Waals surface area contributed by atoms with Gasteiger partial charge in [-0.25, -0.2) is 4.58 Å². The first-order chi connectivity index (χ1) is 30.1. The molecule has 2 heterocycles. The molecule has 14 nitrogen and oxygen atoms in total. The van der Waals surface area contributed by atoms with Gasteiger partial charge in [0.05, 0.1) is 24.6 Å². The zero-order valence-corrected chi connectivity index (χ0v) is 37.3. The Morgan fingerprint density at radius 1 is 0.742 bits per heavy atom. The summed E-state index contributed by atoms with van der Waals surface area (Å²) in [7, 11) is 0. The van der Waals surface area contributed by atoms with Gasteiger partial charge in [-0.05, 0) is 42.9 Å². The summed E-state index contributed by atoms with van der Waals surface area (Å²) in [6, 6.07) is 5.26. The monoisotopic (exact) mass is 857 g/mol. The highest BCUT2D eigenvalue weighted by Crippen LogP contribution is 2.42. The van der Waals surface area contributed by atoms with Crippen LogP contribution in [-0.4, -0.2) is 105 Å². The van der Waals surface area contributed by atoms with Crippen LogP contribution in [0.5, 0.6) is 0 Å². The molecule has 338 valence electrons. The third-order valence-electron chi connectivity index (χ3n) is 12.2. The average molecular weight is 857 g/mol. The van der Waals surface area contributed by atoms with Crippen molar-refractivity contribution in [3.63, 3.8) is 0 Å². The summed E-state index contributed by atoms with van der Waals surface area (Å²) in [6.07, 6.45) is 13.5. The number of amides is 4. The van der Waals surface area contributed by atoms with Crippen LogP contribution >= 0.6 is 0 Å². The first-order valence-corrected chi connectivity index (χ1v) is 23.0. The van der Waals surface area contributed by atoms with Crippen molar-refractivity contribution in [2.24, 2.45) is 11.8 Å². The smallest absolute Gasteiger partial charge is 0.224 e. The molecule has 2 unspecified atom stereocenters. The number of unbranched alkanes of at least 4 members (excludes halogenated alkanes) is 2. The summed E-state index contributed by atoms with van der Waals surface area (Å²) >= 11 is 0. The zero-order chi connectivity index (χ0) is 44.4. The second-order valence-corrected chi connectivity index (χ2v) is 16.6. The predicted octanol–water partition coefficient (Wildman–Crippen LogP) is 4.69. The number of hydrogen-bond donors (Lipinski definition) is 4. The van der Waals surface area contributed by atoms with Crippen LogP contribution in [0.15, 0.2) is 59.0 Å². The Labute approximate surface area is 367 Å². The van der Waals surface area contributed by atoms with Crippen LogP contribution in [-0.2, 0) is 33.4 Å². The first-order valence-electron chi connectivity index (χ1n) is 23.0. The maximum absolute atomic E-state index is 14.2. The minimum Gasteiger partial charge on any atom is -0.871 e. The molecule has 2 aliphatic carbocycles. The molecular weight excluding hydrogens is 789 g/mol. The number of allylic oxidation sites excluding steroid dienone is 5. The molecule has 14 heteroatoms. The van der Waals surface area contributed by atoms with Crippen LogP contribution < -0.4 is 31.3 Å². The van der Waals surface area contributed by atoms with Gasteiger partial charge in [-0.1, -0.05) is 78.0 Å². The van der Waals surface area contributed by atoms with Crippen molar-refractivity contribution in [1.82, 2.24) is 16.0 Å². The fourth-order valence-electron chi connectivity index (χ4n) is 8.09. The lowest BCUT2D eigenvalue weighted by Crippen LogP contribution is -2.37. The number of rotatable bonds is 22. The Hall–Kier alpha value is -5.08. The van der Waals surface area contributed by atoms with E-state index >= 15 is 0 Å². The number of ether oxygens (including phenoxy) is 2. The fraction of sp³-hybridized carbons (Fsp3) is 0.583. The Balaban J connectivity index is 1.36. The minimum atomic E-state index is -0.514. The molecule has 0 bridgehead atoms. The van der Waals surface area contributed by atoms with Crippen LogP contribution in [0.25, 0.3) is 5.57 Å². The molecule has 1 aromatic carbocycles. The Morgan fingerprint density at radius 2 is 1.31 bits per heavy atom. The van der Waals surface area contributed by atoms with Gasteiger partial charge in [0, 0.05) is 92.0 Å². The SMILES string of the molecule is CCCCC(CC)CNC(=O)CCC(=O)NC1=CC(=[N+]2CCOCC2)C=C/C1=C1\C(=O)C(c2ccc(N3CCOCC3)cc2NC(=O)CCC(=O)NCC(CC)CCCC)=C1[O-]. The Kier molecular flexibility index (Phi) is 19.0. The van der Waals surface area contributed by atoms with E-state index in [0.29, 0.717) is 88.9 Å². The van der Waals surface area contributed by atoms with Crippen molar-refractivity contribution in [2.45, 2.75) is 105 Å². The molecule has 5 rings (SSSR count).